The number of methoxy groups -OCH3 is 2. The predicted octanol–water partition coefficient (Wildman–Crippen LogP) is 4.46. The van der Waals surface area contributed by atoms with Crippen LogP contribution in [0.5, 0.6) is 11.5 Å². The first-order chi connectivity index (χ1) is 13.0. The van der Waals surface area contributed by atoms with Gasteiger partial charge in [0, 0.05) is 11.4 Å². The van der Waals surface area contributed by atoms with Crippen LogP contribution in [0.3, 0.4) is 0 Å². The number of benzene rings is 2. The molecule has 0 aliphatic rings. The van der Waals surface area contributed by atoms with Crippen molar-refractivity contribution in [3.63, 3.8) is 0 Å². The van der Waals surface area contributed by atoms with Gasteiger partial charge in [-0.15, -0.1) is 11.3 Å². The van der Waals surface area contributed by atoms with Gasteiger partial charge in [0.15, 0.2) is 11.5 Å². The summed E-state index contributed by atoms with van der Waals surface area (Å²) in [6, 6.07) is 8.09. The maximum Gasteiger partial charge on any atom is 0.341 e. The van der Waals surface area contributed by atoms with Crippen molar-refractivity contribution in [3.8, 4) is 22.1 Å². The first-order valence-corrected chi connectivity index (χ1v) is 8.69. The molecule has 3 rings (SSSR count). The number of esters is 1. The van der Waals surface area contributed by atoms with E-state index >= 15 is 0 Å². The molecule has 1 aromatic heterocycles. The van der Waals surface area contributed by atoms with Gasteiger partial charge in [0.05, 0.1) is 31.0 Å². The third kappa shape index (κ3) is 4.06. The molecular weight excluding hydrogens is 376 g/mol. The number of rotatable bonds is 6. The molecule has 0 unspecified atom stereocenters. The molecule has 2 aromatic carbocycles. The van der Waals surface area contributed by atoms with Crippen molar-refractivity contribution in [2.24, 2.45) is 0 Å². The van der Waals surface area contributed by atoms with Crippen LogP contribution in [0, 0.1) is 11.6 Å². The monoisotopic (exact) mass is 391 g/mol. The summed E-state index contributed by atoms with van der Waals surface area (Å²) >= 11 is 1.34. The highest BCUT2D eigenvalue weighted by Gasteiger charge is 2.17. The normalized spacial score (nSPS) is 10.5. The number of thiazole rings is 1. The van der Waals surface area contributed by atoms with Gasteiger partial charge in [-0.25, -0.2) is 18.6 Å². The number of hydrogen-bond acceptors (Lipinski definition) is 6. The van der Waals surface area contributed by atoms with Crippen LogP contribution in [0.2, 0.25) is 0 Å². The SMILES string of the molecule is COc1cccc(-c2nc(COC(=O)c3ccc(F)cc3F)cs2)c1OC. The summed E-state index contributed by atoms with van der Waals surface area (Å²) < 4.78 is 42.3. The molecule has 0 bridgehead atoms. The molecule has 3 aromatic rings. The van der Waals surface area contributed by atoms with Crippen molar-refractivity contribution < 1.29 is 27.8 Å². The van der Waals surface area contributed by atoms with Crippen molar-refractivity contribution in [3.05, 3.63) is 64.7 Å². The lowest BCUT2D eigenvalue weighted by atomic mass is 10.2. The molecule has 0 aliphatic carbocycles. The number of hydrogen-bond donors (Lipinski definition) is 0. The molecule has 0 amide bonds. The zero-order valence-corrected chi connectivity index (χ0v) is 15.3. The second-order valence-electron chi connectivity index (χ2n) is 5.39. The minimum absolute atomic E-state index is 0.140. The maximum atomic E-state index is 13.6. The topological polar surface area (TPSA) is 57.7 Å². The Morgan fingerprint density at radius 2 is 1.96 bits per heavy atom. The average molecular weight is 391 g/mol. The van der Waals surface area contributed by atoms with Crippen LogP contribution in [0.4, 0.5) is 8.78 Å². The van der Waals surface area contributed by atoms with E-state index in [0.29, 0.717) is 28.3 Å². The summed E-state index contributed by atoms with van der Waals surface area (Å²) in [5.74, 6) is -1.50. The molecular formula is C19H15F2NO4S. The van der Waals surface area contributed by atoms with Gasteiger partial charge in [0.25, 0.3) is 0 Å². The Kier molecular flexibility index (Phi) is 5.66. The van der Waals surface area contributed by atoms with E-state index in [2.05, 4.69) is 4.98 Å². The Hall–Kier alpha value is -3.00. The Labute approximate surface area is 158 Å². The molecule has 0 radical (unpaired) electrons. The third-order valence-electron chi connectivity index (χ3n) is 3.69. The van der Waals surface area contributed by atoms with Crippen LogP contribution in [-0.4, -0.2) is 25.2 Å². The van der Waals surface area contributed by atoms with E-state index in [1.54, 1.807) is 18.6 Å². The molecule has 0 saturated carbocycles. The predicted molar refractivity (Wildman–Crippen MR) is 96.1 cm³/mol. The van der Waals surface area contributed by atoms with Crippen molar-refractivity contribution in [1.82, 2.24) is 4.98 Å². The summed E-state index contributed by atoms with van der Waals surface area (Å²) in [5.41, 5.74) is 0.904. The molecule has 8 heteroatoms. The fourth-order valence-electron chi connectivity index (χ4n) is 2.42. The van der Waals surface area contributed by atoms with E-state index < -0.39 is 17.6 Å². The second-order valence-corrected chi connectivity index (χ2v) is 6.24. The molecule has 27 heavy (non-hydrogen) atoms. The van der Waals surface area contributed by atoms with Gasteiger partial charge >= 0.3 is 5.97 Å². The Balaban J connectivity index is 1.74. The van der Waals surface area contributed by atoms with E-state index in [1.807, 2.05) is 12.1 Å². The molecule has 0 aliphatic heterocycles. The summed E-state index contributed by atoms with van der Waals surface area (Å²) in [6.45, 7) is -0.140. The fraction of sp³-hybridized carbons (Fsp3) is 0.158. The maximum absolute atomic E-state index is 13.6. The number of carbonyl (C=O) groups excluding carboxylic acids is 1. The van der Waals surface area contributed by atoms with E-state index in [4.69, 9.17) is 14.2 Å². The largest absolute Gasteiger partial charge is 0.493 e. The molecule has 1 heterocycles. The number of halogens is 2. The highest BCUT2D eigenvalue weighted by atomic mass is 32.1. The number of para-hydroxylation sites is 1. The van der Waals surface area contributed by atoms with Crippen molar-refractivity contribution in [2.45, 2.75) is 6.61 Å². The fourth-order valence-corrected chi connectivity index (χ4v) is 3.25. The van der Waals surface area contributed by atoms with Crippen molar-refractivity contribution in [2.75, 3.05) is 14.2 Å². The van der Waals surface area contributed by atoms with E-state index in [1.165, 1.54) is 18.4 Å². The minimum Gasteiger partial charge on any atom is -0.493 e. The molecule has 0 spiro atoms. The molecule has 0 fully saturated rings. The summed E-state index contributed by atoms with van der Waals surface area (Å²) in [4.78, 5) is 16.4. The lowest BCUT2D eigenvalue weighted by Gasteiger charge is -2.10. The van der Waals surface area contributed by atoms with Crippen molar-refractivity contribution >= 4 is 17.3 Å². The van der Waals surface area contributed by atoms with Crippen LogP contribution in [0.25, 0.3) is 10.6 Å². The smallest absolute Gasteiger partial charge is 0.341 e. The van der Waals surface area contributed by atoms with Crippen LogP contribution in [0.1, 0.15) is 16.1 Å². The minimum atomic E-state index is -0.972. The summed E-state index contributed by atoms with van der Waals surface area (Å²) in [5, 5.41) is 2.38. The van der Waals surface area contributed by atoms with E-state index in [9.17, 15) is 13.6 Å². The van der Waals surface area contributed by atoms with Crippen LogP contribution >= 0.6 is 11.3 Å². The lowest BCUT2D eigenvalue weighted by molar-refractivity contribution is 0.0463. The quantitative estimate of drug-likeness (QED) is 0.581. The third-order valence-corrected chi connectivity index (χ3v) is 4.61. The van der Waals surface area contributed by atoms with Gasteiger partial charge in [-0.05, 0) is 24.3 Å². The van der Waals surface area contributed by atoms with Gasteiger partial charge < -0.3 is 14.2 Å². The number of ether oxygens (including phenoxy) is 3. The van der Waals surface area contributed by atoms with Gasteiger partial charge in [-0.3, -0.25) is 0 Å². The zero-order valence-electron chi connectivity index (χ0n) is 14.5. The van der Waals surface area contributed by atoms with E-state index in [-0.39, 0.29) is 12.2 Å². The summed E-state index contributed by atoms with van der Waals surface area (Å²) in [6.07, 6.45) is 0. The van der Waals surface area contributed by atoms with Crippen LogP contribution in [-0.2, 0) is 11.3 Å². The Bertz CT molecular complexity index is 974. The zero-order chi connectivity index (χ0) is 19.4. The van der Waals surface area contributed by atoms with Crippen LogP contribution < -0.4 is 9.47 Å². The highest BCUT2D eigenvalue weighted by Crippen LogP contribution is 2.39. The number of carbonyl (C=O) groups is 1. The first-order valence-electron chi connectivity index (χ1n) is 7.81. The van der Waals surface area contributed by atoms with Crippen LogP contribution in [0.15, 0.2) is 41.8 Å². The second kappa shape index (κ2) is 8.13. The molecule has 140 valence electrons. The number of aromatic nitrogens is 1. The summed E-state index contributed by atoms with van der Waals surface area (Å²) in [7, 11) is 3.08. The van der Waals surface area contributed by atoms with Gasteiger partial charge in [-0.2, -0.15) is 0 Å². The lowest BCUT2D eigenvalue weighted by Crippen LogP contribution is -2.08. The standard InChI is InChI=1S/C19H15F2NO4S/c1-24-16-5-3-4-14(17(16)25-2)18-22-12(10-27-18)9-26-19(23)13-7-6-11(20)8-15(13)21/h3-8,10H,9H2,1-2H3. The Morgan fingerprint density at radius 1 is 1.15 bits per heavy atom. The highest BCUT2D eigenvalue weighted by molar-refractivity contribution is 7.13. The molecule has 0 atom stereocenters. The first kappa shape index (κ1) is 18.8. The van der Waals surface area contributed by atoms with Gasteiger partial charge in [0.2, 0.25) is 0 Å². The van der Waals surface area contributed by atoms with E-state index in [0.717, 1.165) is 17.7 Å². The average Bonchev–Trinajstić information content (AvgIpc) is 3.14. The van der Waals surface area contributed by atoms with Gasteiger partial charge in [-0.1, -0.05) is 6.07 Å². The molecule has 0 saturated heterocycles. The molecule has 5 nitrogen and oxygen atoms in total. The number of nitrogens with zero attached hydrogens (tertiary/aromatic N) is 1. The Morgan fingerprint density at radius 3 is 2.67 bits per heavy atom. The van der Waals surface area contributed by atoms with Crippen molar-refractivity contribution in [1.29, 1.82) is 0 Å². The van der Waals surface area contributed by atoms with Gasteiger partial charge in [0.1, 0.15) is 23.2 Å². The molecule has 0 N–H and O–H groups in total.